The molecule has 0 radical (unpaired) electrons. The monoisotopic (exact) mass is 233 g/mol. The first-order valence-electron chi connectivity index (χ1n) is 5.52. The molecule has 1 rings (SSSR count). The first kappa shape index (κ1) is 13.2. The second-order valence-corrected chi connectivity index (χ2v) is 5.46. The fourth-order valence-corrected chi connectivity index (χ4v) is 2.66. The summed E-state index contributed by atoms with van der Waals surface area (Å²) in [5.74, 6) is -0.305. The van der Waals surface area contributed by atoms with Gasteiger partial charge in [0, 0.05) is 18.5 Å². The van der Waals surface area contributed by atoms with E-state index in [1.54, 1.807) is 0 Å². The molecular weight excluding hydrogens is 213 g/mol. The van der Waals surface area contributed by atoms with Crippen LogP contribution in [0.15, 0.2) is 0 Å². The van der Waals surface area contributed by atoms with E-state index in [0.717, 1.165) is 0 Å². The van der Waals surface area contributed by atoms with Crippen molar-refractivity contribution in [2.75, 3.05) is 13.2 Å². The summed E-state index contributed by atoms with van der Waals surface area (Å²) in [6.07, 6.45) is -1.53. The lowest BCUT2D eigenvalue weighted by Crippen LogP contribution is -2.48. The van der Waals surface area contributed by atoms with Gasteiger partial charge in [-0.15, -0.1) is 0 Å². The molecule has 0 saturated carbocycles. The molecule has 94 valence electrons. The van der Waals surface area contributed by atoms with Crippen LogP contribution in [0.5, 0.6) is 0 Å². The van der Waals surface area contributed by atoms with Crippen LogP contribution in [0.4, 0.5) is 9.18 Å². The second-order valence-electron chi connectivity index (χ2n) is 5.46. The number of halogens is 1. The number of amides is 1. The van der Waals surface area contributed by atoms with E-state index in [-0.39, 0.29) is 17.4 Å². The topological polar surface area (TPSA) is 60.8 Å². The Bertz CT molecular complexity index is 264. The van der Waals surface area contributed by atoms with Crippen molar-refractivity contribution in [3.63, 3.8) is 0 Å². The highest BCUT2D eigenvalue weighted by Crippen LogP contribution is 2.38. The molecule has 2 N–H and O–H groups in total. The molecule has 2 unspecified atom stereocenters. The quantitative estimate of drug-likeness (QED) is 0.763. The highest BCUT2D eigenvalue weighted by Gasteiger charge is 2.46. The summed E-state index contributed by atoms with van der Waals surface area (Å²) in [5, 5.41) is 18.7. The van der Waals surface area contributed by atoms with E-state index < -0.39 is 18.9 Å². The molecule has 4 nitrogen and oxygen atoms in total. The summed E-state index contributed by atoms with van der Waals surface area (Å²) >= 11 is 0. The number of carbonyl (C=O) groups is 1. The van der Waals surface area contributed by atoms with Crippen LogP contribution in [0.2, 0.25) is 0 Å². The van der Waals surface area contributed by atoms with Gasteiger partial charge in [-0.2, -0.15) is 0 Å². The van der Waals surface area contributed by atoms with Gasteiger partial charge in [-0.3, -0.25) is 0 Å². The first-order valence-corrected chi connectivity index (χ1v) is 5.52. The Hall–Kier alpha value is -0.840. The molecule has 0 spiro atoms. The van der Waals surface area contributed by atoms with Crippen LogP contribution in [-0.2, 0) is 0 Å². The molecule has 1 aliphatic rings. The molecule has 16 heavy (non-hydrogen) atoms. The molecule has 1 aliphatic heterocycles. The predicted molar refractivity (Wildman–Crippen MR) is 58.1 cm³/mol. The Morgan fingerprint density at radius 1 is 1.56 bits per heavy atom. The van der Waals surface area contributed by atoms with Crippen molar-refractivity contribution >= 4 is 6.09 Å². The molecular formula is C11H20FNO3. The van der Waals surface area contributed by atoms with E-state index in [1.165, 1.54) is 4.90 Å². The summed E-state index contributed by atoms with van der Waals surface area (Å²) in [6, 6.07) is -0.323. The minimum absolute atomic E-state index is 0.296. The van der Waals surface area contributed by atoms with Gasteiger partial charge in [0.05, 0.1) is 6.10 Å². The zero-order chi connectivity index (χ0) is 12.5. The summed E-state index contributed by atoms with van der Waals surface area (Å²) in [5.41, 5.74) is -0.296. The number of alkyl halides is 1. The normalized spacial score (nSPS) is 28.2. The van der Waals surface area contributed by atoms with Gasteiger partial charge in [-0.1, -0.05) is 20.8 Å². The van der Waals surface area contributed by atoms with E-state index in [1.807, 2.05) is 20.8 Å². The largest absolute Gasteiger partial charge is 0.465 e. The molecule has 0 bridgehead atoms. The van der Waals surface area contributed by atoms with Crippen molar-refractivity contribution in [1.29, 1.82) is 0 Å². The minimum Gasteiger partial charge on any atom is -0.465 e. The number of likely N-dealkylation sites (tertiary alicyclic amines) is 1. The highest BCUT2D eigenvalue weighted by molar-refractivity contribution is 5.66. The maximum Gasteiger partial charge on any atom is 0.407 e. The summed E-state index contributed by atoms with van der Waals surface area (Å²) in [7, 11) is 0. The zero-order valence-corrected chi connectivity index (χ0v) is 9.98. The maximum absolute atomic E-state index is 12.5. The number of nitrogens with zero attached hydrogens (tertiary/aromatic N) is 1. The molecule has 0 aromatic rings. The number of aliphatic hydroxyl groups is 1. The van der Waals surface area contributed by atoms with E-state index >= 15 is 0 Å². The molecule has 0 aliphatic carbocycles. The standard InChI is InChI=1S/C11H20FNO3/c1-11(2,3)9-7(8(14)6-12)4-5-13(9)10(15)16/h7-9,14H,4-6H2,1-3H3,(H,15,16)/t7-,8?,9?/m1/s1. The third-order valence-electron chi connectivity index (χ3n) is 3.23. The summed E-state index contributed by atoms with van der Waals surface area (Å²) < 4.78 is 12.5. The average Bonchev–Trinajstić information content (AvgIpc) is 2.59. The molecule has 3 atom stereocenters. The number of aliphatic hydroxyl groups excluding tert-OH is 1. The zero-order valence-electron chi connectivity index (χ0n) is 9.98. The van der Waals surface area contributed by atoms with E-state index in [0.29, 0.717) is 13.0 Å². The summed E-state index contributed by atoms with van der Waals surface area (Å²) in [4.78, 5) is 12.4. The van der Waals surface area contributed by atoms with Gasteiger partial charge in [-0.05, 0) is 11.8 Å². The van der Waals surface area contributed by atoms with Crippen molar-refractivity contribution in [3.8, 4) is 0 Å². The fourth-order valence-electron chi connectivity index (χ4n) is 2.66. The van der Waals surface area contributed by atoms with Gasteiger partial charge in [0.25, 0.3) is 0 Å². The van der Waals surface area contributed by atoms with Crippen molar-refractivity contribution in [2.45, 2.75) is 39.3 Å². The van der Waals surface area contributed by atoms with E-state index in [2.05, 4.69) is 0 Å². The SMILES string of the molecule is CC(C)(C)C1[C@@H](C(O)CF)CCN1C(=O)O. The highest BCUT2D eigenvalue weighted by atomic mass is 19.1. The van der Waals surface area contributed by atoms with Gasteiger partial charge >= 0.3 is 6.09 Å². The lowest BCUT2D eigenvalue weighted by atomic mass is 9.77. The number of carboxylic acid groups (broad SMARTS) is 1. The predicted octanol–water partition coefficient (Wildman–Crippen LogP) is 1.73. The second kappa shape index (κ2) is 4.57. The first-order chi connectivity index (χ1) is 7.29. The van der Waals surface area contributed by atoms with E-state index in [4.69, 9.17) is 5.11 Å². The Morgan fingerprint density at radius 2 is 2.12 bits per heavy atom. The average molecular weight is 233 g/mol. The molecule has 1 saturated heterocycles. The van der Waals surface area contributed by atoms with Crippen molar-refractivity contribution < 1.29 is 19.4 Å². The van der Waals surface area contributed by atoms with Gasteiger partial charge in [-0.25, -0.2) is 9.18 Å². The summed E-state index contributed by atoms with van der Waals surface area (Å²) in [6.45, 7) is 5.30. The van der Waals surface area contributed by atoms with Crippen molar-refractivity contribution in [3.05, 3.63) is 0 Å². The molecule has 5 heteroatoms. The Labute approximate surface area is 95.1 Å². The third-order valence-corrected chi connectivity index (χ3v) is 3.23. The number of hydrogen-bond donors (Lipinski definition) is 2. The number of hydrogen-bond acceptors (Lipinski definition) is 2. The number of rotatable bonds is 2. The van der Waals surface area contributed by atoms with Gasteiger partial charge < -0.3 is 15.1 Å². The Kier molecular flexibility index (Phi) is 3.78. The molecule has 1 heterocycles. The van der Waals surface area contributed by atoms with Crippen LogP contribution in [0.25, 0.3) is 0 Å². The molecule has 1 amide bonds. The Morgan fingerprint density at radius 3 is 2.50 bits per heavy atom. The van der Waals surface area contributed by atoms with Crippen molar-refractivity contribution in [1.82, 2.24) is 4.90 Å². The van der Waals surface area contributed by atoms with Gasteiger partial charge in [0.1, 0.15) is 6.67 Å². The molecule has 0 aromatic heterocycles. The molecule has 0 aromatic carbocycles. The van der Waals surface area contributed by atoms with Crippen LogP contribution >= 0.6 is 0 Å². The fraction of sp³-hybridized carbons (Fsp3) is 0.909. The third kappa shape index (κ3) is 2.45. The van der Waals surface area contributed by atoms with Gasteiger partial charge in [0.2, 0.25) is 0 Å². The minimum atomic E-state index is -1.06. The Balaban J connectivity index is 2.93. The van der Waals surface area contributed by atoms with Crippen LogP contribution in [0.3, 0.4) is 0 Å². The van der Waals surface area contributed by atoms with Crippen LogP contribution < -0.4 is 0 Å². The van der Waals surface area contributed by atoms with Gasteiger partial charge in [0.15, 0.2) is 0 Å². The maximum atomic E-state index is 12.5. The van der Waals surface area contributed by atoms with Crippen molar-refractivity contribution in [2.24, 2.45) is 11.3 Å². The van der Waals surface area contributed by atoms with Crippen LogP contribution in [0.1, 0.15) is 27.2 Å². The lowest BCUT2D eigenvalue weighted by molar-refractivity contribution is 0.0240. The van der Waals surface area contributed by atoms with Crippen LogP contribution in [0, 0.1) is 11.3 Å². The van der Waals surface area contributed by atoms with E-state index in [9.17, 15) is 14.3 Å². The van der Waals surface area contributed by atoms with Crippen LogP contribution in [-0.4, -0.2) is 46.6 Å². The molecule has 1 fully saturated rings. The lowest BCUT2D eigenvalue weighted by Gasteiger charge is -2.38. The smallest absolute Gasteiger partial charge is 0.407 e.